The number of aryl methyl sites for hydroxylation is 1. The molecule has 1 aliphatic carbocycles. The average molecular weight is 225 g/mol. The minimum atomic E-state index is 0.163. The summed E-state index contributed by atoms with van der Waals surface area (Å²) in [5.41, 5.74) is 1.45. The van der Waals surface area contributed by atoms with Crippen LogP contribution in [-0.4, -0.2) is 16.7 Å². The summed E-state index contributed by atoms with van der Waals surface area (Å²) in [7, 11) is 0. The first kappa shape index (κ1) is 11.1. The molecule has 0 saturated carbocycles. The fraction of sp³-hybridized carbons (Fsp3) is 0.750. The first-order valence-corrected chi connectivity index (χ1v) is 6.42. The first-order chi connectivity index (χ1) is 7.00. The van der Waals surface area contributed by atoms with E-state index in [4.69, 9.17) is 10.1 Å². The van der Waals surface area contributed by atoms with Gasteiger partial charge < -0.3 is 5.11 Å². The van der Waals surface area contributed by atoms with Crippen LogP contribution < -0.4 is 0 Å². The molecule has 0 saturated heterocycles. The lowest BCUT2D eigenvalue weighted by atomic mass is 9.92. The first-order valence-electron chi connectivity index (χ1n) is 5.60. The quantitative estimate of drug-likeness (QED) is 0.796. The van der Waals surface area contributed by atoms with Crippen molar-refractivity contribution in [3.8, 4) is 0 Å². The van der Waals surface area contributed by atoms with Gasteiger partial charge >= 0.3 is 0 Å². The van der Waals surface area contributed by atoms with Crippen LogP contribution in [0.3, 0.4) is 0 Å². The summed E-state index contributed by atoms with van der Waals surface area (Å²) in [5, 5.41) is 10.4. The van der Waals surface area contributed by atoms with Crippen molar-refractivity contribution in [2.24, 2.45) is 5.92 Å². The van der Waals surface area contributed by atoms with Crippen molar-refractivity contribution in [2.75, 3.05) is 6.61 Å². The van der Waals surface area contributed by atoms with Crippen molar-refractivity contribution < 1.29 is 5.11 Å². The Hall–Kier alpha value is -0.410. The second kappa shape index (κ2) is 3.87. The molecule has 3 heteroatoms. The molecule has 0 fully saturated rings. The molecule has 0 aromatic carbocycles. The zero-order valence-corrected chi connectivity index (χ0v) is 10.5. The molecule has 0 radical (unpaired) electrons. The van der Waals surface area contributed by atoms with Crippen LogP contribution in [0.4, 0.5) is 0 Å². The molecule has 1 heterocycles. The smallest absolute Gasteiger partial charge is 0.0984 e. The molecular weight excluding hydrogens is 206 g/mol. The summed E-state index contributed by atoms with van der Waals surface area (Å²) < 4.78 is 0. The fourth-order valence-corrected chi connectivity index (χ4v) is 3.20. The monoisotopic (exact) mass is 225 g/mol. The van der Waals surface area contributed by atoms with Crippen LogP contribution in [0.25, 0.3) is 0 Å². The van der Waals surface area contributed by atoms with Gasteiger partial charge in [-0.15, -0.1) is 11.3 Å². The van der Waals surface area contributed by atoms with Crippen molar-refractivity contribution in [2.45, 2.75) is 45.4 Å². The molecule has 1 atom stereocenters. The fourth-order valence-electron chi connectivity index (χ4n) is 1.92. The Morgan fingerprint density at radius 1 is 1.47 bits per heavy atom. The van der Waals surface area contributed by atoms with E-state index in [0.29, 0.717) is 12.5 Å². The maximum atomic E-state index is 9.17. The third kappa shape index (κ3) is 2.23. The normalized spacial score (nSPS) is 21.5. The maximum Gasteiger partial charge on any atom is 0.0984 e. The maximum absolute atomic E-state index is 9.17. The molecule has 1 unspecified atom stereocenters. The molecule has 0 amide bonds. The average Bonchev–Trinajstić information content (AvgIpc) is 2.59. The van der Waals surface area contributed by atoms with Gasteiger partial charge in [-0.25, -0.2) is 4.98 Å². The van der Waals surface area contributed by atoms with Crippen molar-refractivity contribution in [1.29, 1.82) is 0 Å². The molecule has 1 aliphatic rings. The number of thiazole rings is 1. The molecule has 0 bridgehead atoms. The van der Waals surface area contributed by atoms with Crippen molar-refractivity contribution in [3.63, 3.8) is 0 Å². The number of aliphatic hydroxyl groups is 1. The largest absolute Gasteiger partial charge is 0.396 e. The predicted octanol–water partition coefficient (Wildman–Crippen LogP) is 2.54. The number of aromatic nitrogens is 1. The van der Waals surface area contributed by atoms with Gasteiger partial charge in [0.25, 0.3) is 0 Å². The van der Waals surface area contributed by atoms with E-state index in [1.165, 1.54) is 15.6 Å². The van der Waals surface area contributed by atoms with E-state index in [-0.39, 0.29) is 5.41 Å². The number of aliphatic hydroxyl groups excluding tert-OH is 1. The van der Waals surface area contributed by atoms with Gasteiger partial charge in [0, 0.05) is 16.9 Å². The summed E-state index contributed by atoms with van der Waals surface area (Å²) in [5.74, 6) is 0.464. The number of fused-ring (bicyclic) bond motifs is 1. The van der Waals surface area contributed by atoms with Gasteiger partial charge in [-0.05, 0) is 25.2 Å². The number of rotatable bonds is 1. The van der Waals surface area contributed by atoms with Crippen LogP contribution >= 0.6 is 11.3 Å². The van der Waals surface area contributed by atoms with Gasteiger partial charge in [-0.1, -0.05) is 20.8 Å². The molecule has 1 aromatic heterocycles. The molecule has 1 N–H and O–H groups in total. The van der Waals surface area contributed by atoms with Crippen LogP contribution in [0, 0.1) is 5.92 Å². The van der Waals surface area contributed by atoms with Crippen molar-refractivity contribution >= 4 is 11.3 Å². The number of hydrogen-bond acceptors (Lipinski definition) is 3. The standard InChI is InChI=1S/C12H19NOS/c1-12(2,3)11-13-9-5-4-8(7-14)6-10(9)15-11/h8,14H,4-7H2,1-3H3. The highest BCUT2D eigenvalue weighted by molar-refractivity contribution is 7.11. The van der Waals surface area contributed by atoms with Crippen LogP contribution in [-0.2, 0) is 18.3 Å². The Morgan fingerprint density at radius 3 is 2.80 bits per heavy atom. The Bertz CT molecular complexity index is 351. The van der Waals surface area contributed by atoms with Gasteiger partial charge in [0.2, 0.25) is 0 Å². The van der Waals surface area contributed by atoms with Gasteiger partial charge in [0.15, 0.2) is 0 Å². The number of hydrogen-bond donors (Lipinski definition) is 1. The van der Waals surface area contributed by atoms with Gasteiger partial charge in [-0.2, -0.15) is 0 Å². The van der Waals surface area contributed by atoms with E-state index in [1.54, 1.807) is 0 Å². The van der Waals surface area contributed by atoms with Crippen molar-refractivity contribution in [1.82, 2.24) is 4.98 Å². The molecule has 2 nitrogen and oxygen atoms in total. The van der Waals surface area contributed by atoms with Crippen LogP contribution in [0.5, 0.6) is 0 Å². The van der Waals surface area contributed by atoms with E-state index in [0.717, 1.165) is 19.3 Å². The summed E-state index contributed by atoms with van der Waals surface area (Å²) in [6, 6.07) is 0. The Labute approximate surface area is 95.4 Å². The van der Waals surface area contributed by atoms with E-state index < -0.39 is 0 Å². The minimum absolute atomic E-state index is 0.163. The number of nitrogens with zero attached hydrogens (tertiary/aromatic N) is 1. The molecule has 15 heavy (non-hydrogen) atoms. The zero-order valence-electron chi connectivity index (χ0n) is 9.71. The van der Waals surface area contributed by atoms with E-state index in [1.807, 2.05) is 11.3 Å². The summed E-state index contributed by atoms with van der Waals surface area (Å²) in [6.07, 6.45) is 3.17. The second-order valence-electron chi connectivity index (χ2n) is 5.43. The Balaban J connectivity index is 2.26. The van der Waals surface area contributed by atoms with Gasteiger partial charge in [-0.3, -0.25) is 0 Å². The zero-order chi connectivity index (χ0) is 11.1. The van der Waals surface area contributed by atoms with Crippen LogP contribution in [0.2, 0.25) is 0 Å². The highest BCUT2D eigenvalue weighted by Crippen LogP contribution is 2.34. The van der Waals surface area contributed by atoms with Gasteiger partial charge in [0.1, 0.15) is 0 Å². The lowest BCUT2D eigenvalue weighted by Crippen LogP contribution is -2.16. The Morgan fingerprint density at radius 2 is 2.20 bits per heavy atom. The topological polar surface area (TPSA) is 33.1 Å². The van der Waals surface area contributed by atoms with E-state index in [2.05, 4.69) is 20.8 Å². The molecule has 0 spiro atoms. The summed E-state index contributed by atoms with van der Waals surface area (Å²) >= 11 is 1.84. The summed E-state index contributed by atoms with van der Waals surface area (Å²) in [4.78, 5) is 6.14. The van der Waals surface area contributed by atoms with Crippen LogP contribution in [0.15, 0.2) is 0 Å². The third-order valence-electron chi connectivity index (χ3n) is 2.94. The molecule has 1 aromatic rings. The second-order valence-corrected chi connectivity index (χ2v) is 6.51. The van der Waals surface area contributed by atoms with Gasteiger partial charge in [0.05, 0.1) is 10.7 Å². The summed E-state index contributed by atoms with van der Waals surface area (Å²) in [6.45, 7) is 6.95. The lowest BCUT2D eigenvalue weighted by Gasteiger charge is -2.18. The van der Waals surface area contributed by atoms with Crippen LogP contribution in [0.1, 0.15) is 42.8 Å². The third-order valence-corrected chi connectivity index (χ3v) is 4.49. The van der Waals surface area contributed by atoms with Crippen molar-refractivity contribution in [3.05, 3.63) is 15.6 Å². The lowest BCUT2D eigenvalue weighted by molar-refractivity contribution is 0.214. The minimum Gasteiger partial charge on any atom is -0.396 e. The molecular formula is C12H19NOS. The van der Waals surface area contributed by atoms with E-state index in [9.17, 15) is 0 Å². The SMILES string of the molecule is CC(C)(C)c1nc2c(s1)CC(CO)CC2. The molecule has 84 valence electrons. The predicted molar refractivity (Wildman–Crippen MR) is 63.4 cm³/mol. The molecule has 0 aliphatic heterocycles. The highest BCUT2D eigenvalue weighted by atomic mass is 32.1. The Kier molecular flexibility index (Phi) is 2.86. The highest BCUT2D eigenvalue weighted by Gasteiger charge is 2.26. The molecule has 2 rings (SSSR count). The van der Waals surface area contributed by atoms with E-state index >= 15 is 0 Å².